The summed E-state index contributed by atoms with van der Waals surface area (Å²) >= 11 is 1.81. The highest BCUT2D eigenvalue weighted by atomic mass is 32.2. The minimum atomic E-state index is -0.00484. The molecule has 1 saturated heterocycles. The third kappa shape index (κ3) is 3.14. The number of ether oxygens (including phenoxy) is 2. The van der Waals surface area contributed by atoms with Gasteiger partial charge in [0.05, 0.1) is 14.2 Å². The van der Waals surface area contributed by atoms with Crippen molar-refractivity contribution in [3.8, 4) is 11.5 Å². The van der Waals surface area contributed by atoms with Gasteiger partial charge in [0.1, 0.15) is 16.9 Å². The van der Waals surface area contributed by atoms with Crippen LogP contribution in [0.5, 0.6) is 11.5 Å². The number of benzene rings is 1. The SMILES string of the molecule is COc1ccc(C2SCCN2C(=O)NC23CC4CC(CC(C4)C2)C3)c(OC)c1. The van der Waals surface area contributed by atoms with Gasteiger partial charge in [-0.3, -0.25) is 0 Å². The van der Waals surface area contributed by atoms with E-state index in [0.29, 0.717) is 0 Å². The number of amides is 2. The Kier molecular flexibility index (Phi) is 4.65. The van der Waals surface area contributed by atoms with Crippen LogP contribution in [0.1, 0.15) is 49.5 Å². The molecule has 5 fully saturated rings. The lowest BCUT2D eigenvalue weighted by atomic mass is 9.53. The van der Waals surface area contributed by atoms with E-state index in [1.54, 1.807) is 14.2 Å². The lowest BCUT2D eigenvalue weighted by Crippen LogP contribution is -2.61. The summed E-state index contributed by atoms with van der Waals surface area (Å²) in [5.41, 5.74) is 1.10. The summed E-state index contributed by atoms with van der Waals surface area (Å²) in [7, 11) is 3.34. The van der Waals surface area contributed by atoms with Gasteiger partial charge in [-0.1, -0.05) is 0 Å². The van der Waals surface area contributed by atoms with Crippen LogP contribution >= 0.6 is 11.8 Å². The van der Waals surface area contributed by atoms with E-state index < -0.39 is 0 Å². The Morgan fingerprint density at radius 1 is 1.11 bits per heavy atom. The summed E-state index contributed by atoms with van der Waals surface area (Å²) in [6.07, 6.45) is 7.72. The van der Waals surface area contributed by atoms with Crippen molar-refractivity contribution in [2.24, 2.45) is 17.8 Å². The van der Waals surface area contributed by atoms with E-state index in [9.17, 15) is 4.79 Å². The number of hydrogen-bond donors (Lipinski definition) is 1. The van der Waals surface area contributed by atoms with Gasteiger partial charge in [-0.25, -0.2) is 4.79 Å². The zero-order valence-corrected chi connectivity index (χ0v) is 17.6. The first-order chi connectivity index (χ1) is 13.6. The van der Waals surface area contributed by atoms with Crippen LogP contribution in [-0.4, -0.2) is 43.0 Å². The predicted molar refractivity (Wildman–Crippen MR) is 111 cm³/mol. The average molecular weight is 403 g/mol. The maximum Gasteiger partial charge on any atom is 0.319 e. The van der Waals surface area contributed by atoms with Crippen LogP contribution in [0.25, 0.3) is 0 Å². The molecule has 28 heavy (non-hydrogen) atoms. The number of rotatable bonds is 4. The molecule has 4 saturated carbocycles. The second-order valence-corrected chi connectivity index (χ2v) is 10.3. The number of methoxy groups -OCH3 is 2. The molecule has 0 spiro atoms. The standard InChI is InChI=1S/C22H30N2O3S/c1-26-17-3-4-18(19(10-17)27-2)20-24(5-6-28-20)21(25)23-22-11-14-7-15(12-22)9-16(8-14)13-22/h3-4,10,14-16,20H,5-9,11-13H2,1-2H3,(H,23,25). The normalized spacial score (nSPS) is 35.9. The summed E-state index contributed by atoms with van der Waals surface area (Å²) in [6, 6.07) is 6.00. The largest absolute Gasteiger partial charge is 0.497 e. The van der Waals surface area contributed by atoms with Gasteiger partial charge in [0.15, 0.2) is 0 Å². The first-order valence-corrected chi connectivity index (χ1v) is 11.6. The van der Waals surface area contributed by atoms with Crippen LogP contribution in [0.15, 0.2) is 18.2 Å². The topological polar surface area (TPSA) is 50.8 Å². The number of urea groups is 1. The Labute approximate surface area is 171 Å². The first-order valence-electron chi connectivity index (χ1n) is 10.5. The van der Waals surface area contributed by atoms with Gasteiger partial charge in [0.25, 0.3) is 0 Å². The molecule has 1 aromatic rings. The molecule has 1 N–H and O–H groups in total. The molecule has 1 heterocycles. The fourth-order valence-corrected chi connectivity index (χ4v) is 7.80. The van der Waals surface area contributed by atoms with Gasteiger partial charge >= 0.3 is 6.03 Å². The van der Waals surface area contributed by atoms with Crippen LogP contribution in [0, 0.1) is 17.8 Å². The maximum atomic E-state index is 13.4. The maximum absolute atomic E-state index is 13.4. The molecule has 1 atom stereocenters. The van der Waals surface area contributed by atoms with Gasteiger partial charge in [0.2, 0.25) is 0 Å². The Bertz CT molecular complexity index is 733. The smallest absolute Gasteiger partial charge is 0.319 e. The molecule has 5 nitrogen and oxygen atoms in total. The molecule has 0 aromatic heterocycles. The number of hydrogen-bond acceptors (Lipinski definition) is 4. The number of carbonyl (C=O) groups is 1. The van der Waals surface area contributed by atoms with Crippen molar-refractivity contribution in [2.75, 3.05) is 26.5 Å². The highest BCUT2D eigenvalue weighted by Crippen LogP contribution is 2.56. The Hall–Kier alpha value is -1.56. The third-order valence-electron chi connectivity index (χ3n) is 7.27. The first kappa shape index (κ1) is 18.5. The van der Waals surface area contributed by atoms with E-state index in [-0.39, 0.29) is 16.9 Å². The van der Waals surface area contributed by atoms with E-state index in [1.165, 1.54) is 38.5 Å². The third-order valence-corrected chi connectivity index (χ3v) is 8.51. The quantitative estimate of drug-likeness (QED) is 0.809. The second-order valence-electron chi connectivity index (χ2n) is 9.15. The van der Waals surface area contributed by atoms with Crippen LogP contribution in [0.3, 0.4) is 0 Å². The number of nitrogens with one attached hydrogen (secondary N) is 1. The van der Waals surface area contributed by atoms with E-state index in [1.807, 2.05) is 34.9 Å². The second kappa shape index (κ2) is 7.05. The van der Waals surface area contributed by atoms with Gasteiger partial charge < -0.3 is 19.7 Å². The van der Waals surface area contributed by atoms with Gasteiger partial charge in [-0.15, -0.1) is 11.8 Å². The molecule has 4 aliphatic carbocycles. The summed E-state index contributed by atoms with van der Waals surface area (Å²) < 4.78 is 10.9. The van der Waals surface area contributed by atoms with E-state index in [2.05, 4.69) is 5.32 Å². The van der Waals surface area contributed by atoms with Crippen LogP contribution in [0.4, 0.5) is 4.79 Å². The fourth-order valence-electron chi connectivity index (χ4n) is 6.52. The van der Waals surface area contributed by atoms with Crippen molar-refractivity contribution < 1.29 is 14.3 Å². The number of thioether (sulfide) groups is 1. The Morgan fingerprint density at radius 2 is 1.79 bits per heavy atom. The van der Waals surface area contributed by atoms with Crippen molar-refractivity contribution in [1.82, 2.24) is 10.2 Å². The predicted octanol–water partition coefficient (Wildman–Crippen LogP) is 4.43. The molecule has 1 aromatic carbocycles. The minimum Gasteiger partial charge on any atom is -0.497 e. The summed E-state index contributed by atoms with van der Waals surface area (Å²) in [6.45, 7) is 0.780. The van der Waals surface area contributed by atoms with Gasteiger partial charge in [-0.05, 0) is 68.4 Å². The van der Waals surface area contributed by atoms with Crippen molar-refractivity contribution in [3.05, 3.63) is 23.8 Å². The molecule has 6 heteroatoms. The van der Waals surface area contributed by atoms with Crippen molar-refractivity contribution in [1.29, 1.82) is 0 Å². The molecule has 2 amide bonds. The highest BCUT2D eigenvalue weighted by Gasteiger charge is 2.52. The molecule has 152 valence electrons. The summed E-state index contributed by atoms with van der Waals surface area (Å²) in [5, 5.41) is 3.53. The number of nitrogens with zero attached hydrogens (tertiary/aromatic N) is 1. The lowest BCUT2D eigenvalue weighted by molar-refractivity contribution is -0.0156. The van der Waals surface area contributed by atoms with Crippen LogP contribution < -0.4 is 14.8 Å². The average Bonchev–Trinajstić information content (AvgIpc) is 3.15. The minimum absolute atomic E-state index is 0.00484. The summed E-state index contributed by atoms with van der Waals surface area (Å²) in [4.78, 5) is 15.4. The van der Waals surface area contributed by atoms with Crippen LogP contribution in [-0.2, 0) is 0 Å². The highest BCUT2D eigenvalue weighted by molar-refractivity contribution is 7.99. The van der Waals surface area contributed by atoms with E-state index in [0.717, 1.165) is 47.1 Å². The summed E-state index contributed by atoms with van der Waals surface area (Å²) in [5.74, 6) is 5.00. The van der Waals surface area contributed by atoms with Gasteiger partial charge in [0, 0.05) is 29.5 Å². The van der Waals surface area contributed by atoms with Crippen molar-refractivity contribution in [3.63, 3.8) is 0 Å². The van der Waals surface area contributed by atoms with Gasteiger partial charge in [-0.2, -0.15) is 0 Å². The molecule has 1 aliphatic heterocycles. The molecular formula is C22H30N2O3S. The fraction of sp³-hybridized carbons (Fsp3) is 0.682. The molecular weight excluding hydrogens is 372 g/mol. The monoisotopic (exact) mass is 402 g/mol. The van der Waals surface area contributed by atoms with E-state index in [4.69, 9.17) is 9.47 Å². The van der Waals surface area contributed by atoms with Crippen molar-refractivity contribution in [2.45, 2.75) is 49.4 Å². The molecule has 1 unspecified atom stereocenters. The van der Waals surface area contributed by atoms with E-state index >= 15 is 0 Å². The van der Waals surface area contributed by atoms with Crippen molar-refractivity contribution >= 4 is 17.8 Å². The lowest BCUT2D eigenvalue weighted by Gasteiger charge is -2.57. The zero-order chi connectivity index (χ0) is 19.3. The number of carbonyl (C=O) groups excluding carboxylic acids is 1. The Balaban J connectivity index is 1.35. The molecule has 0 radical (unpaired) electrons. The Morgan fingerprint density at radius 3 is 2.39 bits per heavy atom. The van der Waals surface area contributed by atoms with Crippen LogP contribution in [0.2, 0.25) is 0 Å². The molecule has 5 aliphatic rings. The molecule has 6 rings (SSSR count). The molecule has 4 bridgehead atoms. The zero-order valence-electron chi connectivity index (χ0n) is 16.8.